The fourth-order valence-electron chi connectivity index (χ4n) is 3.30. The minimum atomic E-state index is -4.46. The molecular formula is C23H27F3N4O3. The lowest BCUT2D eigenvalue weighted by molar-refractivity contribution is -0.137. The number of rotatable bonds is 4. The Bertz CT molecular complexity index is 1020. The summed E-state index contributed by atoms with van der Waals surface area (Å²) < 4.78 is 38.4. The van der Waals surface area contributed by atoms with Crippen molar-refractivity contribution in [3.05, 3.63) is 59.2 Å². The average Bonchev–Trinajstić information content (AvgIpc) is 3.12. The molecule has 0 radical (unpaired) electrons. The Balaban J connectivity index is 0.00000187. The van der Waals surface area contributed by atoms with Crippen LogP contribution in [0.25, 0.3) is 0 Å². The van der Waals surface area contributed by atoms with Crippen LogP contribution in [-0.2, 0) is 21.2 Å². The molecule has 2 aromatic rings. The Kier molecular flexibility index (Phi) is 8.08. The minimum absolute atomic E-state index is 0.118. The number of carbonyl (C=O) groups excluding carboxylic acids is 3. The summed E-state index contributed by atoms with van der Waals surface area (Å²) in [7, 11) is 0. The van der Waals surface area contributed by atoms with E-state index in [1.165, 1.54) is 25.1 Å². The zero-order valence-corrected chi connectivity index (χ0v) is 18.8. The SMILES string of the molecule is CC.CC(=O)NNC(=O)c1cc(C2(C)CCNC2=O)ccc1Nc1ccc(C(F)(F)F)cc1. The topological polar surface area (TPSA) is 99.3 Å². The van der Waals surface area contributed by atoms with E-state index in [2.05, 4.69) is 21.5 Å². The molecule has 1 unspecified atom stereocenters. The highest BCUT2D eigenvalue weighted by Gasteiger charge is 2.39. The van der Waals surface area contributed by atoms with Crippen LogP contribution in [0.15, 0.2) is 42.5 Å². The van der Waals surface area contributed by atoms with Crippen LogP contribution < -0.4 is 21.5 Å². The minimum Gasteiger partial charge on any atom is -0.355 e. The van der Waals surface area contributed by atoms with E-state index in [9.17, 15) is 27.6 Å². The molecule has 0 bridgehead atoms. The highest BCUT2D eigenvalue weighted by molar-refractivity contribution is 6.02. The number of hydrazine groups is 1. The van der Waals surface area contributed by atoms with Crippen LogP contribution in [0.1, 0.15) is 55.6 Å². The summed E-state index contributed by atoms with van der Waals surface area (Å²) in [5.41, 5.74) is 4.20. The first kappa shape index (κ1) is 25.7. The fraction of sp³-hybridized carbons (Fsp3) is 0.348. The predicted octanol–water partition coefficient (Wildman–Crippen LogP) is 4.03. The summed E-state index contributed by atoms with van der Waals surface area (Å²) in [6, 6.07) is 9.15. The Labute approximate surface area is 190 Å². The fourth-order valence-corrected chi connectivity index (χ4v) is 3.30. The molecule has 1 aliphatic rings. The number of amides is 3. The van der Waals surface area contributed by atoms with Gasteiger partial charge in [0.05, 0.1) is 22.2 Å². The van der Waals surface area contributed by atoms with Gasteiger partial charge in [-0.15, -0.1) is 0 Å². The lowest BCUT2D eigenvalue weighted by atomic mass is 9.80. The number of benzene rings is 2. The van der Waals surface area contributed by atoms with Gasteiger partial charge in [-0.2, -0.15) is 13.2 Å². The van der Waals surface area contributed by atoms with Crippen molar-refractivity contribution in [3.63, 3.8) is 0 Å². The maximum Gasteiger partial charge on any atom is 0.416 e. The molecule has 1 aliphatic heterocycles. The van der Waals surface area contributed by atoms with Gasteiger partial charge in [-0.25, -0.2) is 0 Å². The van der Waals surface area contributed by atoms with Gasteiger partial charge in [-0.05, 0) is 55.3 Å². The van der Waals surface area contributed by atoms with Crippen molar-refractivity contribution in [2.75, 3.05) is 11.9 Å². The molecule has 3 rings (SSSR count). The highest BCUT2D eigenvalue weighted by Crippen LogP contribution is 2.35. The maximum atomic E-state index is 12.8. The first-order chi connectivity index (χ1) is 15.5. The van der Waals surface area contributed by atoms with Crippen molar-refractivity contribution in [2.24, 2.45) is 0 Å². The molecule has 1 fully saturated rings. The van der Waals surface area contributed by atoms with E-state index >= 15 is 0 Å². The predicted molar refractivity (Wildman–Crippen MR) is 119 cm³/mol. The van der Waals surface area contributed by atoms with E-state index in [0.717, 1.165) is 12.1 Å². The standard InChI is InChI=1S/C21H21F3N4O3.C2H6/c1-12(29)27-28-18(30)16-11-14(20(2)9-10-25-19(20)31)5-8-17(16)26-15-6-3-13(4-7-15)21(22,23)24;1-2/h3-8,11,26H,9-10H2,1-2H3,(H,25,31)(H,27,29)(H,28,30);1-2H3. The van der Waals surface area contributed by atoms with Gasteiger partial charge in [0, 0.05) is 19.2 Å². The molecule has 0 aromatic heterocycles. The molecule has 33 heavy (non-hydrogen) atoms. The van der Waals surface area contributed by atoms with E-state index in [1.807, 2.05) is 13.8 Å². The van der Waals surface area contributed by atoms with Gasteiger partial charge < -0.3 is 10.6 Å². The van der Waals surface area contributed by atoms with Gasteiger partial charge in [0.2, 0.25) is 11.8 Å². The van der Waals surface area contributed by atoms with E-state index in [0.29, 0.717) is 29.9 Å². The Hall–Kier alpha value is -3.56. The average molecular weight is 464 g/mol. The highest BCUT2D eigenvalue weighted by atomic mass is 19.4. The third-order valence-electron chi connectivity index (χ3n) is 5.16. The van der Waals surface area contributed by atoms with E-state index in [4.69, 9.17) is 0 Å². The molecule has 178 valence electrons. The number of halogens is 3. The molecule has 1 saturated heterocycles. The summed E-state index contributed by atoms with van der Waals surface area (Å²) in [4.78, 5) is 36.1. The molecule has 0 spiro atoms. The van der Waals surface area contributed by atoms with Gasteiger partial charge in [0.25, 0.3) is 5.91 Å². The first-order valence-corrected chi connectivity index (χ1v) is 10.4. The molecular weight excluding hydrogens is 437 g/mol. The number of alkyl halides is 3. The van der Waals surface area contributed by atoms with Crippen LogP contribution >= 0.6 is 0 Å². The zero-order valence-electron chi connectivity index (χ0n) is 18.8. The van der Waals surface area contributed by atoms with Gasteiger partial charge in [-0.3, -0.25) is 25.2 Å². The number of hydrogen-bond acceptors (Lipinski definition) is 4. The van der Waals surface area contributed by atoms with Crippen LogP contribution in [0.3, 0.4) is 0 Å². The molecule has 1 atom stereocenters. The van der Waals surface area contributed by atoms with Crippen LogP contribution in [0.2, 0.25) is 0 Å². The van der Waals surface area contributed by atoms with Crippen LogP contribution in [0.4, 0.5) is 24.5 Å². The Morgan fingerprint density at radius 1 is 1.03 bits per heavy atom. The van der Waals surface area contributed by atoms with Gasteiger partial charge >= 0.3 is 6.18 Å². The third kappa shape index (κ3) is 6.03. The zero-order chi connectivity index (χ0) is 24.8. The van der Waals surface area contributed by atoms with Crippen molar-refractivity contribution < 1.29 is 27.6 Å². The smallest absolute Gasteiger partial charge is 0.355 e. The van der Waals surface area contributed by atoms with Crippen LogP contribution in [0.5, 0.6) is 0 Å². The molecule has 0 saturated carbocycles. The van der Waals surface area contributed by atoms with Crippen LogP contribution in [-0.4, -0.2) is 24.3 Å². The summed E-state index contributed by atoms with van der Waals surface area (Å²) in [5.74, 6) is -1.29. The number of carbonyl (C=O) groups is 3. The maximum absolute atomic E-state index is 12.8. The monoisotopic (exact) mass is 464 g/mol. The van der Waals surface area contributed by atoms with Crippen molar-refractivity contribution in [2.45, 2.75) is 45.7 Å². The largest absolute Gasteiger partial charge is 0.416 e. The Morgan fingerprint density at radius 2 is 1.67 bits per heavy atom. The molecule has 10 heteroatoms. The van der Waals surface area contributed by atoms with E-state index in [1.54, 1.807) is 19.1 Å². The molecule has 7 nitrogen and oxygen atoms in total. The van der Waals surface area contributed by atoms with Crippen LogP contribution in [0, 0.1) is 0 Å². The summed E-state index contributed by atoms with van der Waals surface area (Å²) in [6.45, 7) is 7.50. The second-order valence-electron chi connectivity index (χ2n) is 7.43. The van der Waals surface area contributed by atoms with Crippen molar-refractivity contribution in [1.82, 2.24) is 16.2 Å². The first-order valence-electron chi connectivity index (χ1n) is 10.4. The summed E-state index contributed by atoms with van der Waals surface area (Å²) in [6.07, 6.45) is -3.91. The molecule has 4 N–H and O–H groups in total. The van der Waals surface area contributed by atoms with Crippen molar-refractivity contribution in [3.8, 4) is 0 Å². The number of hydrogen-bond donors (Lipinski definition) is 4. The lowest BCUT2D eigenvalue weighted by Gasteiger charge is -2.23. The van der Waals surface area contributed by atoms with Crippen molar-refractivity contribution >= 4 is 29.1 Å². The van der Waals surface area contributed by atoms with Crippen molar-refractivity contribution in [1.29, 1.82) is 0 Å². The Morgan fingerprint density at radius 3 is 2.18 bits per heavy atom. The summed E-state index contributed by atoms with van der Waals surface area (Å²) >= 11 is 0. The molecule has 3 amide bonds. The van der Waals surface area contributed by atoms with E-state index < -0.39 is 29.0 Å². The lowest BCUT2D eigenvalue weighted by Crippen LogP contribution is -2.40. The normalized spacial score (nSPS) is 17.4. The van der Waals surface area contributed by atoms with E-state index in [-0.39, 0.29) is 11.5 Å². The van der Waals surface area contributed by atoms with Gasteiger partial charge in [0.15, 0.2) is 0 Å². The number of nitrogens with one attached hydrogen (secondary N) is 4. The second kappa shape index (κ2) is 10.4. The summed E-state index contributed by atoms with van der Waals surface area (Å²) in [5, 5.41) is 5.69. The van der Waals surface area contributed by atoms with Gasteiger partial charge in [0.1, 0.15) is 0 Å². The third-order valence-corrected chi connectivity index (χ3v) is 5.16. The molecule has 0 aliphatic carbocycles. The number of anilines is 2. The second-order valence-corrected chi connectivity index (χ2v) is 7.43. The van der Waals surface area contributed by atoms with Gasteiger partial charge in [-0.1, -0.05) is 19.9 Å². The molecule has 2 aromatic carbocycles. The quantitative estimate of drug-likeness (QED) is 0.514. The molecule has 1 heterocycles.